The number of amides is 3. The zero-order valence-electron chi connectivity index (χ0n) is 14.7. The van der Waals surface area contributed by atoms with E-state index >= 15 is 0 Å². The zero-order valence-corrected chi connectivity index (χ0v) is 14.7. The van der Waals surface area contributed by atoms with Gasteiger partial charge in [0.25, 0.3) is 0 Å². The van der Waals surface area contributed by atoms with Gasteiger partial charge in [0.05, 0.1) is 11.6 Å². The number of likely N-dealkylation sites (tertiary alicyclic amines) is 1. The van der Waals surface area contributed by atoms with E-state index in [-0.39, 0.29) is 43.5 Å². The van der Waals surface area contributed by atoms with Gasteiger partial charge in [0.2, 0.25) is 17.7 Å². The smallest absolute Gasteiger partial charge is 0.229 e. The van der Waals surface area contributed by atoms with Gasteiger partial charge in [-0.3, -0.25) is 24.2 Å². The molecule has 0 N–H and O–H groups in total. The molecule has 0 radical (unpaired) electrons. The van der Waals surface area contributed by atoms with E-state index in [1.807, 2.05) is 24.3 Å². The first kappa shape index (κ1) is 18.1. The van der Waals surface area contributed by atoms with Crippen molar-refractivity contribution < 1.29 is 14.4 Å². The molecular weight excluding hydrogens is 332 g/mol. The van der Waals surface area contributed by atoms with Gasteiger partial charge in [0.15, 0.2) is 0 Å². The summed E-state index contributed by atoms with van der Waals surface area (Å²) < 4.78 is 0. The van der Waals surface area contributed by atoms with E-state index < -0.39 is 0 Å². The fourth-order valence-electron chi connectivity index (χ4n) is 3.34. The molecule has 1 aromatic rings. The number of piperazine rings is 1. The van der Waals surface area contributed by atoms with E-state index in [1.165, 1.54) is 4.90 Å². The van der Waals surface area contributed by atoms with Crippen molar-refractivity contribution in [2.24, 2.45) is 0 Å². The summed E-state index contributed by atoms with van der Waals surface area (Å²) in [6, 6.07) is 9.66. The number of hydrogen-bond acceptors (Lipinski definition) is 5. The van der Waals surface area contributed by atoms with Crippen LogP contribution in [-0.2, 0) is 20.9 Å². The molecule has 3 rings (SSSR count). The topological polar surface area (TPSA) is 84.7 Å². The Labute approximate surface area is 152 Å². The van der Waals surface area contributed by atoms with Gasteiger partial charge in [-0.05, 0) is 17.7 Å². The fourth-order valence-corrected chi connectivity index (χ4v) is 3.34. The van der Waals surface area contributed by atoms with Crippen LogP contribution in [0.5, 0.6) is 0 Å². The lowest BCUT2D eigenvalue weighted by molar-refractivity contribution is -0.139. The number of carbonyl (C=O) groups excluding carboxylic acids is 3. The van der Waals surface area contributed by atoms with Crippen LogP contribution in [0, 0.1) is 11.3 Å². The monoisotopic (exact) mass is 354 g/mol. The van der Waals surface area contributed by atoms with Crippen LogP contribution in [0.15, 0.2) is 24.3 Å². The van der Waals surface area contributed by atoms with Crippen molar-refractivity contribution in [2.75, 3.05) is 32.7 Å². The summed E-state index contributed by atoms with van der Waals surface area (Å²) in [5.41, 5.74) is 1.80. The molecule has 3 amide bonds. The molecule has 2 aliphatic rings. The van der Waals surface area contributed by atoms with Crippen LogP contribution in [0.2, 0.25) is 0 Å². The van der Waals surface area contributed by atoms with E-state index in [0.29, 0.717) is 18.7 Å². The Balaban J connectivity index is 1.42. The number of rotatable bonds is 5. The first-order valence-corrected chi connectivity index (χ1v) is 8.89. The van der Waals surface area contributed by atoms with Crippen LogP contribution in [0.25, 0.3) is 0 Å². The van der Waals surface area contributed by atoms with Crippen molar-refractivity contribution >= 4 is 17.7 Å². The molecule has 26 heavy (non-hydrogen) atoms. The lowest BCUT2D eigenvalue weighted by Gasteiger charge is -2.35. The predicted molar refractivity (Wildman–Crippen MR) is 93.6 cm³/mol. The Morgan fingerprint density at radius 2 is 1.62 bits per heavy atom. The highest BCUT2D eigenvalue weighted by Gasteiger charge is 2.30. The van der Waals surface area contributed by atoms with E-state index in [2.05, 4.69) is 11.0 Å². The van der Waals surface area contributed by atoms with Gasteiger partial charge in [0, 0.05) is 58.5 Å². The molecule has 136 valence electrons. The van der Waals surface area contributed by atoms with E-state index in [1.54, 1.807) is 4.90 Å². The second-order valence-corrected chi connectivity index (χ2v) is 6.65. The van der Waals surface area contributed by atoms with Gasteiger partial charge in [-0.25, -0.2) is 0 Å². The van der Waals surface area contributed by atoms with Gasteiger partial charge in [-0.1, -0.05) is 12.1 Å². The molecule has 2 saturated heterocycles. The summed E-state index contributed by atoms with van der Waals surface area (Å²) in [6.45, 7) is 3.86. The molecule has 2 aliphatic heterocycles. The number of carbonyl (C=O) groups is 3. The highest BCUT2D eigenvalue weighted by molar-refractivity contribution is 6.02. The predicted octanol–water partition coefficient (Wildman–Crippen LogP) is 0.742. The molecule has 0 aliphatic carbocycles. The minimum absolute atomic E-state index is 0.00415. The molecule has 0 bridgehead atoms. The molecule has 2 heterocycles. The third kappa shape index (κ3) is 4.27. The second kappa shape index (κ2) is 8.11. The lowest BCUT2D eigenvalue weighted by atomic mass is 10.1. The van der Waals surface area contributed by atoms with Crippen LogP contribution in [0.1, 0.15) is 30.4 Å². The Kier molecular flexibility index (Phi) is 5.64. The summed E-state index contributed by atoms with van der Waals surface area (Å²) in [7, 11) is 0. The van der Waals surface area contributed by atoms with Crippen LogP contribution >= 0.6 is 0 Å². The van der Waals surface area contributed by atoms with Crippen molar-refractivity contribution in [3.8, 4) is 6.07 Å². The molecule has 7 heteroatoms. The number of imide groups is 1. The first-order valence-electron chi connectivity index (χ1n) is 8.89. The summed E-state index contributed by atoms with van der Waals surface area (Å²) in [5.74, 6) is -0.347. The zero-order chi connectivity index (χ0) is 18.5. The van der Waals surface area contributed by atoms with Crippen LogP contribution in [0.3, 0.4) is 0 Å². The van der Waals surface area contributed by atoms with Crippen LogP contribution in [0.4, 0.5) is 0 Å². The average Bonchev–Trinajstić information content (AvgIpc) is 2.99. The summed E-state index contributed by atoms with van der Waals surface area (Å²) in [5, 5.41) is 8.83. The summed E-state index contributed by atoms with van der Waals surface area (Å²) >= 11 is 0. The van der Waals surface area contributed by atoms with Gasteiger partial charge < -0.3 is 4.90 Å². The lowest BCUT2D eigenvalue weighted by Crippen LogP contribution is -2.49. The number of hydrogen-bond donors (Lipinski definition) is 0. The second-order valence-electron chi connectivity index (χ2n) is 6.65. The van der Waals surface area contributed by atoms with Crippen LogP contribution < -0.4 is 0 Å². The average molecular weight is 354 g/mol. The molecule has 1 aromatic carbocycles. The number of nitrogens with zero attached hydrogens (tertiary/aromatic N) is 4. The number of benzene rings is 1. The maximum atomic E-state index is 12.3. The van der Waals surface area contributed by atoms with Gasteiger partial charge >= 0.3 is 0 Å². The maximum absolute atomic E-state index is 12.3. The van der Waals surface area contributed by atoms with Crippen molar-refractivity contribution in [1.82, 2.24) is 14.7 Å². The molecule has 0 spiro atoms. The van der Waals surface area contributed by atoms with Gasteiger partial charge in [-0.15, -0.1) is 0 Å². The van der Waals surface area contributed by atoms with Gasteiger partial charge in [-0.2, -0.15) is 5.26 Å². The number of nitriles is 1. The molecule has 0 atom stereocenters. The Bertz CT molecular complexity index is 714. The summed E-state index contributed by atoms with van der Waals surface area (Å²) in [4.78, 5) is 40.8. The standard InChI is InChI=1S/C19H22N4O3/c20-13-15-1-3-16(4-2-15)14-21-9-11-22(12-10-21)17(24)7-8-23-18(25)5-6-19(23)26/h1-4H,5-12,14H2. The maximum Gasteiger partial charge on any atom is 0.229 e. The largest absolute Gasteiger partial charge is 0.340 e. The van der Waals surface area contributed by atoms with E-state index in [4.69, 9.17) is 5.26 Å². The quantitative estimate of drug-likeness (QED) is 0.728. The third-order valence-electron chi connectivity index (χ3n) is 4.92. The highest BCUT2D eigenvalue weighted by atomic mass is 16.2. The molecular formula is C19H22N4O3. The van der Waals surface area contributed by atoms with E-state index in [9.17, 15) is 14.4 Å². The molecule has 0 saturated carbocycles. The van der Waals surface area contributed by atoms with Crippen molar-refractivity contribution in [2.45, 2.75) is 25.8 Å². The van der Waals surface area contributed by atoms with E-state index in [0.717, 1.165) is 25.2 Å². The fraction of sp³-hybridized carbons (Fsp3) is 0.474. The van der Waals surface area contributed by atoms with Crippen molar-refractivity contribution in [1.29, 1.82) is 5.26 Å². The Morgan fingerprint density at radius 1 is 1.00 bits per heavy atom. The molecule has 0 aromatic heterocycles. The van der Waals surface area contributed by atoms with Crippen LogP contribution in [-0.4, -0.2) is 65.1 Å². The Morgan fingerprint density at radius 3 is 2.19 bits per heavy atom. The highest BCUT2D eigenvalue weighted by Crippen LogP contribution is 2.14. The van der Waals surface area contributed by atoms with Gasteiger partial charge in [0.1, 0.15) is 0 Å². The Hall–Kier alpha value is -2.72. The van der Waals surface area contributed by atoms with Crippen molar-refractivity contribution in [3.05, 3.63) is 35.4 Å². The van der Waals surface area contributed by atoms with Crippen molar-refractivity contribution in [3.63, 3.8) is 0 Å². The molecule has 2 fully saturated rings. The third-order valence-corrected chi connectivity index (χ3v) is 4.92. The summed E-state index contributed by atoms with van der Waals surface area (Å²) in [6.07, 6.45) is 0.731. The normalized spacial score (nSPS) is 18.3. The molecule has 0 unspecified atom stereocenters. The first-order chi connectivity index (χ1) is 12.6. The SMILES string of the molecule is N#Cc1ccc(CN2CCN(C(=O)CCN3C(=O)CCC3=O)CC2)cc1. The minimum atomic E-state index is -0.171. The molecule has 7 nitrogen and oxygen atoms in total. The minimum Gasteiger partial charge on any atom is -0.340 e.